The van der Waals surface area contributed by atoms with Crippen molar-refractivity contribution < 1.29 is 34.3 Å². The van der Waals surface area contributed by atoms with Crippen LogP contribution in [0.15, 0.2) is 42.5 Å². The Hall–Kier alpha value is -3.46. The van der Waals surface area contributed by atoms with Gasteiger partial charge in [0.1, 0.15) is 30.0 Å². The molecule has 3 aromatic rings. The molecule has 5 rings (SSSR count). The molecule has 1 aliphatic carbocycles. The van der Waals surface area contributed by atoms with Crippen LogP contribution < -0.4 is 19.5 Å². The Morgan fingerprint density at radius 2 is 1.89 bits per heavy atom. The largest absolute Gasteiger partial charge is 0.508 e. The molecule has 1 heterocycles. The quantitative estimate of drug-likeness (QED) is 0.353. The predicted molar refractivity (Wildman–Crippen MR) is 134 cm³/mol. The Labute approximate surface area is 210 Å². The van der Waals surface area contributed by atoms with Crippen LogP contribution in [0, 0.1) is 0 Å². The topological polar surface area (TPSA) is 110 Å². The van der Waals surface area contributed by atoms with Gasteiger partial charge in [-0.2, -0.15) is 0 Å². The van der Waals surface area contributed by atoms with E-state index >= 15 is 0 Å². The number of hydrogen-bond acceptors (Lipinski definition) is 8. The van der Waals surface area contributed by atoms with Crippen molar-refractivity contribution in [2.45, 2.75) is 31.5 Å². The molecule has 36 heavy (non-hydrogen) atoms. The molecule has 8 nitrogen and oxygen atoms in total. The number of aryl methyl sites for hydroxylation is 1. The van der Waals surface area contributed by atoms with Gasteiger partial charge < -0.3 is 34.3 Å². The molecule has 0 bridgehead atoms. The van der Waals surface area contributed by atoms with Crippen LogP contribution in [0.2, 0.25) is 0 Å². The Balaban J connectivity index is 1.62. The highest BCUT2D eigenvalue weighted by atomic mass is 16.6. The van der Waals surface area contributed by atoms with E-state index in [0.29, 0.717) is 30.4 Å². The van der Waals surface area contributed by atoms with E-state index in [9.17, 15) is 15.3 Å². The van der Waals surface area contributed by atoms with E-state index in [1.165, 1.54) is 7.11 Å². The van der Waals surface area contributed by atoms with E-state index < -0.39 is 6.10 Å². The minimum Gasteiger partial charge on any atom is -0.508 e. The van der Waals surface area contributed by atoms with Crippen molar-refractivity contribution in [2.24, 2.45) is 0 Å². The van der Waals surface area contributed by atoms with Crippen molar-refractivity contribution in [3.8, 4) is 39.9 Å². The summed E-state index contributed by atoms with van der Waals surface area (Å²) in [6.07, 6.45) is 1.46. The van der Waals surface area contributed by atoms with Gasteiger partial charge in [-0.25, -0.2) is 0 Å². The fourth-order valence-electron chi connectivity index (χ4n) is 5.20. The molecule has 0 amide bonds. The molecule has 2 aliphatic rings. The molecule has 1 aliphatic heterocycles. The summed E-state index contributed by atoms with van der Waals surface area (Å²) in [6, 6.07) is 12.5. The van der Waals surface area contributed by atoms with E-state index in [1.54, 1.807) is 24.3 Å². The van der Waals surface area contributed by atoms with Gasteiger partial charge in [0.2, 0.25) is 0 Å². The number of aromatic hydroxyl groups is 2. The molecule has 0 aromatic heterocycles. The lowest BCUT2D eigenvalue weighted by atomic mass is 9.80. The summed E-state index contributed by atoms with van der Waals surface area (Å²) in [5.41, 5.74) is 6.09. The summed E-state index contributed by atoms with van der Waals surface area (Å²) < 4.78 is 24.1. The number of nitrogens with one attached hydrogen (secondary N) is 1. The highest BCUT2D eigenvalue weighted by molar-refractivity contribution is 5.82. The number of rotatable bonds is 8. The van der Waals surface area contributed by atoms with E-state index in [-0.39, 0.29) is 30.8 Å². The van der Waals surface area contributed by atoms with Gasteiger partial charge in [0.15, 0.2) is 17.6 Å². The monoisotopic (exact) mass is 493 g/mol. The molecule has 0 radical (unpaired) electrons. The van der Waals surface area contributed by atoms with E-state index in [0.717, 1.165) is 46.2 Å². The molecule has 0 unspecified atom stereocenters. The van der Waals surface area contributed by atoms with Crippen LogP contribution >= 0.6 is 0 Å². The summed E-state index contributed by atoms with van der Waals surface area (Å²) in [4.78, 5) is 0. The molecule has 0 spiro atoms. The predicted octanol–water partition coefficient (Wildman–Crippen LogP) is 3.48. The molecule has 8 heteroatoms. The van der Waals surface area contributed by atoms with Gasteiger partial charge in [-0.3, -0.25) is 5.32 Å². The third-order valence-corrected chi connectivity index (χ3v) is 6.79. The number of fused-ring (bicyclic) bond motifs is 5. The Morgan fingerprint density at radius 3 is 2.67 bits per heavy atom. The first-order valence-corrected chi connectivity index (χ1v) is 12.1. The molecule has 0 saturated heterocycles. The molecule has 3 aromatic carbocycles. The maximum Gasteiger partial charge on any atom is 0.160 e. The minimum absolute atomic E-state index is 0.0589. The van der Waals surface area contributed by atoms with Crippen molar-refractivity contribution in [3.05, 3.63) is 64.7 Å². The molecule has 0 saturated carbocycles. The van der Waals surface area contributed by atoms with E-state index in [1.807, 2.05) is 25.2 Å². The van der Waals surface area contributed by atoms with Gasteiger partial charge in [0.05, 0.1) is 20.4 Å². The number of aliphatic hydroxyl groups is 1. The Morgan fingerprint density at radius 1 is 1.03 bits per heavy atom. The van der Waals surface area contributed by atoms with Gasteiger partial charge in [0, 0.05) is 23.6 Å². The van der Waals surface area contributed by atoms with Crippen LogP contribution in [0.4, 0.5) is 0 Å². The van der Waals surface area contributed by atoms with Crippen molar-refractivity contribution in [3.63, 3.8) is 0 Å². The second-order valence-corrected chi connectivity index (χ2v) is 9.00. The number of phenols is 2. The lowest BCUT2D eigenvalue weighted by molar-refractivity contribution is -0.0428. The average molecular weight is 494 g/mol. The summed E-state index contributed by atoms with van der Waals surface area (Å²) in [6.45, 7) is 0.410. The van der Waals surface area contributed by atoms with Gasteiger partial charge in [-0.05, 0) is 66.4 Å². The molecule has 2 atom stereocenters. The smallest absolute Gasteiger partial charge is 0.160 e. The standard InChI is InChI=1S/C28H31NO7/c1-29-15-35-26-13-21-20-6-3-16-11-18(31)5-7-19(16)27(20)25(34-10-9-30)14-23(21)36-28(26)17-4-8-22(32)24(12-17)33-2/h4-5,7-8,11-12,14,26,28-32H,3,6,9-10,13,15H2,1-2H3/t26-,28-/m1/s1. The number of phenolic OH excluding ortho intramolecular Hbond substituents is 2. The third kappa shape index (κ3) is 4.43. The van der Waals surface area contributed by atoms with E-state index in [4.69, 9.17) is 18.9 Å². The number of methoxy groups -OCH3 is 1. The van der Waals surface area contributed by atoms with Gasteiger partial charge >= 0.3 is 0 Å². The van der Waals surface area contributed by atoms with Crippen molar-refractivity contribution in [1.29, 1.82) is 0 Å². The van der Waals surface area contributed by atoms with Gasteiger partial charge in [-0.15, -0.1) is 0 Å². The lowest BCUT2D eigenvalue weighted by Crippen LogP contribution is -2.36. The molecular weight excluding hydrogens is 462 g/mol. The van der Waals surface area contributed by atoms with Crippen LogP contribution in [-0.2, 0) is 24.0 Å². The summed E-state index contributed by atoms with van der Waals surface area (Å²) in [5, 5.41) is 32.6. The summed E-state index contributed by atoms with van der Waals surface area (Å²) in [7, 11) is 3.34. The minimum atomic E-state index is -0.433. The molecular formula is C28H31NO7. The summed E-state index contributed by atoms with van der Waals surface area (Å²) in [5.74, 6) is 2.02. The van der Waals surface area contributed by atoms with Gasteiger partial charge in [0.25, 0.3) is 0 Å². The lowest BCUT2D eigenvalue weighted by Gasteiger charge is -2.37. The summed E-state index contributed by atoms with van der Waals surface area (Å²) >= 11 is 0. The normalized spacial score (nSPS) is 18.0. The van der Waals surface area contributed by atoms with Crippen LogP contribution in [-0.4, -0.2) is 55.5 Å². The Kier molecular flexibility index (Phi) is 6.91. The zero-order valence-electron chi connectivity index (χ0n) is 20.4. The van der Waals surface area contributed by atoms with E-state index in [2.05, 4.69) is 5.32 Å². The number of aliphatic hydroxyl groups excluding tert-OH is 1. The van der Waals surface area contributed by atoms with Crippen LogP contribution in [0.1, 0.15) is 28.4 Å². The fraction of sp³-hybridized carbons (Fsp3) is 0.357. The van der Waals surface area contributed by atoms with Crippen molar-refractivity contribution >= 4 is 0 Å². The SMILES string of the molecule is CNCO[C@@H]1Cc2c(cc(OCCO)c3c2CCc2cc(O)ccc2-3)O[C@@H]1c1ccc(O)c(OC)c1. The molecule has 0 fully saturated rings. The third-order valence-electron chi connectivity index (χ3n) is 6.79. The number of hydrogen-bond donors (Lipinski definition) is 4. The maximum atomic E-state index is 10.1. The number of ether oxygens (including phenoxy) is 4. The first kappa shape index (κ1) is 24.2. The number of benzene rings is 3. The maximum absolute atomic E-state index is 10.1. The fourth-order valence-corrected chi connectivity index (χ4v) is 5.20. The zero-order chi connectivity index (χ0) is 25.2. The highest BCUT2D eigenvalue weighted by Gasteiger charge is 2.37. The van der Waals surface area contributed by atoms with Gasteiger partial charge in [-0.1, -0.05) is 12.1 Å². The zero-order valence-corrected chi connectivity index (χ0v) is 20.4. The Bertz CT molecular complexity index is 1260. The van der Waals surface area contributed by atoms with Crippen LogP contribution in [0.3, 0.4) is 0 Å². The average Bonchev–Trinajstić information content (AvgIpc) is 2.89. The highest BCUT2D eigenvalue weighted by Crippen LogP contribution is 2.49. The van der Waals surface area contributed by atoms with Crippen LogP contribution in [0.25, 0.3) is 11.1 Å². The molecule has 190 valence electrons. The first-order valence-electron chi connectivity index (χ1n) is 12.1. The van der Waals surface area contributed by atoms with Crippen molar-refractivity contribution in [1.82, 2.24) is 5.32 Å². The first-order chi connectivity index (χ1) is 17.5. The molecule has 4 N–H and O–H groups in total. The second-order valence-electron chi connectivity index (χ2n) is 9.00. The second kappa shape index (κ2) is 10.3. The van der Waals surface area contributed by atoms with Crippen LogP contribution in [0.5, 0.6) is 28.7 Å². The van der Waals surface area contributed by atoms with Crippen molar-refractivity contribution in [2.75, 3.05) is 34.1 Å².